The van der Waals surface area contributed by atoms with E-state index < -0.39 is 0 Å². The van der Waals surface area contributed by atoms with Crippen molar-refractivity contribution in [3.05, 3.63) is 56.2 Å². The van der Waals surface area contributed by atoms with Crippen LogP contribution in [0, 0.1) is 20.8 Å². The molecule has 7 heteroatoms. The molecule has 0 bridgehead atoms. The van der Waals surface area contributed by atoms with Crippen LogP contribution in [0.15, 0.2) is 27.8 Å². The zero-order valence-electron chi connectivity index (χ0n) is 15.0. The lowest BCUT2D eigenvalue weighted by molar-refractivity contribution is 0.0959. The van der Waals surface area contributed by atoms with E-state index in [2.05, 4.69) is 15.7 Å². The number of aromatic nitrogens is 2. The van der Waals surface area contributed by atoms with Crippen LogP contribution in [0.2, 0.25) is 0 Å². The van der Waals surface area contributed by atoms with Crippen molar-refractivity contribution in [1.82, 2.24) is 15.1 Å². The summed E-state index contributed by atoms with van der Waals surface area (Å²) >= 11 is 1.58. The van der Waals surface area contributed by atoms with Crippen LogP contribution in [0.4, 0.5) is 0 Å². The van der Waals surface area contributed by atoms with Gasteiger partial charge in [0.2, 0.25) is 0 Å². The summed E-state index contributed by atoms with van der Waals surface area (Å²) in [5, 5.41) is 8.21. The van der Waals surface area contributed by atoms with Crippen molar-refractivity contribution in [2.75, 3.05) is 0 Å². The van der Waals surface area contributed by atoms with Crippen LogP contribution in [-0.2, 0) is 12.8 Å². The average molecular weight is 368 g/mol. The van der Waals surface area contributed by atoms with E-state index in [1.807, 2.05) is 43.5 Å². The first-order valence-corrected chi connectivity index (χ1v) is 9.42. The van der Waals surface area contributed by atoms with Crippen LogP contribution in [0.25, 0.3) is 5.82 Å². The van der Waals surface area contributed by atoms with Crippen molar-refractivity contribution in [3.63, 3.8) is 0 Å². The highest BCUT2D eigenvalue weighted by molar-refractivity contribution is 7.14. The maximum Gasteiger partial charge on any atom is 0.281 e. The number of carbonyl (C=O) groups is 1. The van der Waals surface area contributed by atoms with Crippen LogP contribution < -0.4 is 5.43 Å². The number of nitrogens with one attached hydrogen (secondary N) is 1. The van der Waals surface area contributed by atoms with Gasteiger partial charge in [0.05, 0.1) is 11.1 Å². The molecule has 0 atom stereocenters. The van der Waals surface area contributed by atoms with Crippen LogP contribution in [0.5, 0.6) is 0 Å². The maximum absolute atomic E-state index is 12.3. The highest BCUT2D eigenvalue weighted by atomic mass is 32.1. The van der Waals surface area contributed by atoms with Crippen molar-refractivity contribution in [1.29, 1.82) is 0 Å². The van der Waals surface area contributed by atoms with Gasteiger partial charge in [-0.25, -0.2) is 5.43 Å². The molecule has 6 nitrogen and oxygen atoms in total. The first-order chi connectivity index (χ1) is 12.5. The summed E-state index contributed by atoms with van der Waals surface area (Å²) < 4.78 is 7.17. The second-order valence-electron chi connectivity index (χ2n) is 6.57. The van der Waals surface area contributed by atoms with Gasteiger partial charge >= 0.3 is 0 Å². The Hall–Kier alpha value is -2.67. The molecule has 3 aromatic heterocycles. The Labute approximate surface area is 155 Å². The van der Waals surface area contributed by atoms with Crippen LogP contribution in [0.3, 0.4) is 0 Å². The number of fused-ring (bicyclic) bond motifs is 1. The third-order valence-electron chi connectivity index (χ3n) is 4.66. The Bertz CT molecular complexity index is 988. The highest BCUT2D eigenvalue weighted by Crippen LogP contribution is 2.30. The van der Waals surface area contributed by atoms with Gasteiger partial charge in [0, 0.05) is 27.9 Å². The predicted octanol–water partition coefficient (Wildman–Crippen LogP) is 3.70. The molecule has 1 N–H and O–H groups in total. The van der Waals surface area contributed by atoms with Gasteiger partial charge in [0.25, 0.3) is 5.91 Å². The van der Waals surface area contributed by atoms with Crippen molar-refractivity contribution < 1.29 is 9.32 Å². The molecule has 0 spiro atoms. The third-order valence-corrected chi connectivity index (χ3v) is 5.89. The van der Waals surface area contributed by atoms with E-state index in [-0.39, 0.29) is 5.91 Å². The van der Waals surface area contributed by atoms with Crippen LogP contribution in [-0.4, -0.2) is 21.8 Å². The zero-order valence-corrected chi connectivity index (χ0v) is 15.8. The van der Waals surface area contributed by atoms with E-state index in [0.29, 0.717) is 0 Å². The van der Waals surface area contributed by atoms with Gasteiger partial charge in [-0.2, -0.15) is 5.10 Å². The van der Waals surface area contributed by atoms with Gasteiger partial charge in [-0.05, 0) is 57.7 Å². The summed E-state index contributed by atoms with van der Waals surface area (Å²) in [5.74, 6) is 1.36. The Kier molecular flexibility index (Phi) is 4.24. The minimum Gasteiger partial charge on any atom is -0.360 e. The van der Waals surface area contributed by atoms with Gasteiger partial charge in [-0.3, -0.25) is 9.36 Å². The minimum absolute atomic E-state index is 0.151. The van der Waals surface area contributed by atoms with Crippen LogP contribution in [0.1, 0.15) is 49.2 Å². The fourth-order valence-corrected chi connectivity index (χ4v) is 4.53. The lowest BCUT2D eigenvalue weighted by Gasteiger charge is -2.03. The van der Waals surface area contributed by atoms with Crippen molar-refractivity contribution in [2.24, 2.45) is 5.10 Å². The number of amides is 1. The number of thiophene rings is 1. The van der Waals surface area contributed by atoms with Gasteiger partial charge in [-0.1, -0.05) is 5.16 Å². The predicted molar refractivity (Wildman–Crippen MR) is 101 cm³/mol. The van der Waals surface area contributed by atoms with Gasteiger partial charge in [0.15, 0.2) is 5.82 Å². The molecular weight excluding hydrogens is 348 g/mol. The summed E-state index contributed by atoms with van der Waals surface area (Å²) in [5.41, 5.74) is 6.89. The Morgan fingerprint density at radius 1 is 1.31 bits per heavy atom. The molecule has 0 saturated heterocycles. The monoisotopic (exact) mass is 368 g/mol. The topological polar surface area (TPSA) is 72.4 Å². The smallest absolute Gasteiger partial charge is 0.281 e. The molecule has 3 heterocycles. The van der Waals surface area contributed by atoms with E-state index in [9.17, 15) is 4.79 Å². The molecule has 134 valence electrons. The molecule has 1 aliphatic carbocycles. The van der Waals surface area contributed by atoms with E-state index in [1.54, 1.807) is 17.6 Å². The molecule has 4 rings (SSSR count). The van der Waals surface area contributed by atoms with Gasteiger partial charge in [-0.15, -0.1) is 11.3 Å². The van der Waals surface area contributed by atoms with E-state index in [0.717, 1.165) is 46.2 Å². The fraction of sp³-hybridized carbons (Fsp3) is 0.316. The van der Waals surface area contributed by atoms with Crippen molar-refractivity contribution >= 4 is 23.5 Å². The summed E-state index contributed by atoms with van der Waals surface area (Å²) in [6.07, 6.45) is 5.03. The average Bonchev–Trinajstić information content (AvgIpc) is 3.33. The largest absolute Gasteiger partial charge is 0.360 e. The van der Waals surface area contributed by atoms with E-state index in [4.69, 9.17) is 4.52 Å². The number of hydrazone groups is 1. The Balaban J connectivity index is 1.49. The first kappa shape index (κ1) is 16.8. The summed E-state index contributed by atoms with van der Waals surface area (Å²) in [4.78, 5) is 14.4. The standard InChI is InChI=1S/C19H20N4O2S/c1-11-7-15(13(3)23(11)18-8-12(2)25-22-18)10-20-21-19(24)17-9-14-5-4-6-16(14)26-17/h7-10H,4-6H2,1-3H3,(H,21,24)/b20-10-. The molecule has 1 amide bonds. The minimum atomic E-state index is -0.151. The molecule has 0 aliphatic heterocycles. The number of aryl methyl sites for hydroxylation is 4. The highest BCUT2D eigenvalue weighted by Gasteiger charge is 2.18. The Morgan fingerprint density at radius 3 is 2.88 bits per heavy atom. The molecule has 0 radical (unpaired) electrons. The molecule has 0 unspecified atom stereocenters. The molecule has 0 fully saturated rings. The van der Waals surface area contributed by atoms with Gasteiger partial charge < -0.3 is 4.52 Å². The van der Waals surface area contributed by atoms with Crippen molar-refractivity contribution in [2.45, 2.75) is 40.0 Å². The van der Waals surface area contributed by atoms with Crippen LogP contribution >= 0.6 is 11.3 Å². The summed E-state index contributed by atoms with van der Waals surface area (Å²) in [7, 11) is 0. The second-order valence-corrected chi connectivity index (χ2v) is 7.71. The van der Waals surface area contributed by atoms with E-state index >= 15 is 0 Å². The Morgan fingerprint density at radius 2 is 2.15 bits per heavy atom. The lowest BCUT2D eigenvalue weighted by Crippen LogP contribution is -2.16. The number of nitrogens with zero attached hydrogens (tertiary/aromatic N) is 3. The second kappa shape index (κ2) is 6.57. The number of hydrogen-bond donors (Lipinski definition) is 1. The quantitative estimate of drug-likeness (QED) is 0.564. The molecule has 3 aromatic rings. The number of rotatable bonds is 4. The summed E-state index contributed by atoms with van der Waals surface area (Å²) in [6.45, 7) is 5.85. The zero-order chi connectivity index (χ0) is 18.3. The fourth-order valence-electron chi connectivity index (χ4n) is 3.39. The lowest BCUT2D eigenvalue weighted by atomic mass is 10.2. The number of hydrogen-bond acceptors (Lipinski definition) is 5. The SMILES string of the molecule is Cc1cc(-n2c(C)cc(/C=N\NC(=O)c3cc4c(s3)CCC4)c2C)no1. The van der Waals surface area contributed by atoms with E-state index in [1.165, 1.54) is 16.9 Å². The first-order valence-electron chi connectivity index (χ1n) is 8.60. The normalized spacial score (nSPS) is 13.5. The number of carbonyl (C=O) groups excluding carboxylic acids is 1. The molecule has 1 aliphatic rings. The third kappa shape index (κ3) is 2.99. The van der Waals surface area contributed by atoms with Gasteiger partial charge in [0.1, 0.15) is 5.76 Å². The summed E-state index contributed by atoms with van der Waals surface area (Å²) in [6, 6.07) is 5.89. The molecule has 26 heavy (non-hydrogen) atoms. The maximum atomic E-state index is 12.3. The van der Waals surface area contributed by atoms with Crippen molar-refractivity contribution in [3.8, 4) is 5.82 Å². The molecule has 0 saturated carbocycles. The molecule has 0 aromatic carbocycles. The molecular formula is C19H20N4O2S.